The van der Waals surface area contributed by atoms with Crippen LogP contribution in [0.4, 0.5) is 9.93 Å². The number of anilines is 1. The first-order chi connectivity index (χ1) is 8.83. The molecule has 0 aliphatic rings. The molecular formula is C11H18N2O4SSi. The van der Waals surface area contributed by atoms with Crippen molar-refractivity contribution in [3.63, 3.8) is 0 Å². The fourth-order valence-corrected chi connectivity index (χ4v) is 2.69. The number of aromatic nitrogens is 1. The zero-order chi connectivity index (χ0) is 14.5. The van der Waals surface area contributed by atoms with Gasteiger partial charge in [-0.2, -0.15) is 0 Å². The third-order valence-electron chi connectivity index (χ3n) is 2.31. The minimum atomic E-state index is -1.19. The summed E-state index contributed by atoms with van der Waals surface area (Å²) in [4.78, 5) is 26.6. The standard InChI is InChI=1S/C11H18N2O4SSi/c1-19(2,3)5-4-17-8-13(11(15)16)10-12-9(6-14)7-18-10/h6-7H,4-5,8H2,1-3H3,(H,15,16). The highest BCUT2D eigenvalue weighted by Crippen LogP contribution is 2.20. The topological polar surface area (TPSA) is 79.7 Å². The van der Waals surface area contributed by atoms with Crippen molar-refractivity contribution in [3.8, 4) is 0 Å². The second-order valence-electron chi connectivity index (χ2n) is 5.23. The number of carbonyl (C=O) groups is 2. The van der Waals surface area contributed by atoms with Crippen molar-refractivity contribution in [1.29, 1.82) is 0 Å². The monoisotopic (exact) mass is 302 g/mol. The number of thiazole rings is 1. The number of ether oxygens (including phenoxy) is 1. The highest BCUT2D eigenvalue weighted by atomic mass is 32.1. The smallest absolute Gasteiger partial charge is 0.415 e. The second-order valence-corrected chi connectivity index (χ2v) is 11.7. The summed E-state index contributed by atoms with van der Waals surface area (Å²) in [5, 5.41) is 10.9. The molecule has 0 aromatic carbocycles. The van der Waals surface area contributed by atoms with Crippen LogP contribution in [-0.2, 0) is 4.74 Å². The van der Waals surface area contributed by atoms with Crippen molar-refractivity contribution in [2.24, 2.45) is 0 Å². The molecule has 1 heterocycles. The van der Waals surface area contributed by atoms with Gasteiger partial charge >= 0.3 is 6.09 Å². The van der Waals surface area contributed by atoms with Crippen LogP contribution in [0.1, 0.15) is 10.5 Å². The van der Waals surface area contributed by atoms with Crippen molar-refractivity contribution in [2.45, 2.75) is 25.7 Å². The van der Waals surface area contributed by atoms with Crippen molar-refractivity contribution in [1.82, 2.24) is 4.98 Å². The van der Waals surface area contributed by atoms with E-state index in [1.165, 1.54) is 5.38 Å². The van der Waals surface area contributed by atoms with Crippen LogP contribution in [-0.4, -0.2) is 43.9 Å². The summed E-state index contributed by atoms with van der Waals surface area (Å²) in [5.41, 5.74) is 0.230. The van der Waals surface area contributed by atoms with Crippen molar-refractivity contribution in [3.05, 3.63) is 11.1 Å². The SMILES string of the molecule is C[Si](C)(C)CCOCN(C(=O)O)c1nc(C=O)cs1. The fraction of sp³-hybridized carbons (Fsp3) is 0.545. The van der Waals surface area contributed by atoms with Crippen LogP contribution >= 0.6 is 11.3 Å². The highest BCUT2D eigenvalue weighted by molar-refractivity contribution is 7.14. The minimum absolute atomic E-state index is 0.0639. The number of carboxylic acid groups (broad SMARTS) is 1. The average Bonchev–Trinajstić information content (AvgIpc) is 2.75. The molecule has 1 aromatic rings. The van der Waals surface area contributed by atoms with Crippen LogP contribution in [0.2, 0.25) is 25.7 Å². The van der Waals surface area contributed by atoms with E-state index >= 15 is 0 Å². The van der Waals surface area contributed by atoms with Gasteiger partial charge in [0.05, 0.1) is 0 Å². The van der Waals surface area contributed by atoms with Crippen LogP contribution in [0.5, 0.6) is 0 Å². The Labute approximate surface area is 117 Å². The maximum Gasteiger partial charge on any atom is 0.415 e. The Morgan fingerprint density at radius 2 is 2.26 bits per heavy atom. The van der Waals surface area contributed by atoms with Crippen molar-refractivity contribution >= 4 is 36.9 Å². The van der Waals surface area contributed by atoms with E-state index < -0.39 is 14.2 Å². The number of hydrogen-bond donors (Lipinski definition) is 1. The summed E-state index contributed by atoms with van der Waals surface area (Å²) in [6.45, 7) is 7.14. The first-order valence-electron chi connectivity index (χ1n) is 5.82. The highest BCUT2D eigenvalue weighted by Gasteiger charge is 2.19. The van der Waals surface area contributed by atoms with E-state index in [1.807, 2.05) is 0 Å². The van der Waals surface area contributed by atoms with Gasteiger partial charge in [0.15, 0.2) is 11.4 Å². The average molecular weight is 302 g/mol. The fourth-order valence-electron chi connectivity index (χ4n) is 1.18. The lowest BCUT2D eigenvalue weighted by atomic mass is 10.6. The second kappa shape index (κ2) is 6.78. The Morgan fingerprint density at radius 3 is 2.74 bits per heavy atom. The summed E-state index contributed by atoms with van der Waals surface area (Å²) in [6, 6.07) is 0.970. The molecule has 1 N–H and O–H groups in total. The van der Waals surface area contributed by atoms with E-state index in [0.717, 1.165) is 22.3 Å². The zero-order valence-electron chi connectivity index (χ0n) is 11.3. The van der Waals surface area contributed by atoms with Gasteiger partial charge in [-0.3, -0.25) is 4.79 Å². The summed E-state index contributed by atoms with van der Waals surface area (Å²) in [6.07, 6.45) is -0.550. The van der Waals surface area contributed by atoms with Crippen LogP contribution in [0.3, 0.4) is 0 Å². The molecule has 0 saturated heterocycles. The molecule has 1 amide bonds. The molecule has 0 bridgehead atoms. The molecule has 0 aliphatic heterocycles. The summed E-state index contributed by atoms with van der Waals surface area (Å²) >= 11 is 1.11. The molecule has 0 spiro atoms. The van der Waals surface area contributed by atoms with Crippen LogP contribution < -0.4 is 4.90 Å². The predicted octanol–water partition coefficient (Wildman–Crippen LogP) is 2.75. The first-order valence-corrected chi connectivity index (χ1v) is 10.4. The third-order valence-corrected chi connectivity index (χ3v) is 4.90. The van der Waals surface area contributed by atoms with Crippen LogP contribution in [0.15, 0.2) is 5.38 Å². The summed E-state index contributed by atoms with van der Waals surface area (Å²) in [5.74, 6) is 0. The molecule has 8 heteroatoms. The lowest BCUT2D eigenvalue weighted by molar-refractivity contribution is 0.111. The van der Waals surface area contributed by atoms with Crippen molar-refractivity contribution < 1.29 is 19.4 Å². The van der Waals surface area contributed by atoms with Gasteiger partial charge in [0, 0.05) is 20.1 Å². The number of hydrogen-bond acceptors (Lipinski definition) is 5. The van der Waals surface area contributed by atoms with E-state index in [-0.39, 0.29) is 17.6 Å². The molecule has 1 rings (SSSR count). The van der Waals surface area contributed by atoms with E-state index in [2.05, 4.69) is 24.6 Å². The van der Waals surface area contributed by atoms with Gasteiger partial charge in [-0.05, 0) is 6.04 Å². The molecular weight excluding hydrogens is 284 g/mol. The molecule has 0 fully saturated rings. The maximum absolute atomic E-state index is 11.1. The molecule has 0 saturated carbocycles. The molecule has 0 radical (unpaired) electrons. The van der Waals surface area contributed by atoms with Crippen LogP contribution in [0, 0.1) is 0 Å². The zero-order valence-corrected chi connectivity index (χ0v) is 13.1. The first kappa shape index (κ1) is 15.8. The van der Waals surface area contributed by atoms with Crippen molar-refractivity contribution in [2.75, 3.05) is 18.2 Å². The molecule has 0 atom stereocenters. The summed E-state index contributed by atoms with van der Waals surface area (Å²) < 4.78 is 5.39. The number of amides is 1. The number of carbonyl (C=O) groups excluding carboxylic acids is 1. The van der Waals surface area contributed by atoms with E-state index in [1.54, 1.807) is 0 Å². The Hall–Kier alpha value is -1.25. The number of aldehydes is 1. The lowest BCUT2D eigenvalue weighted by Gasteiger charge is -2.19. The Kier molecular flexibility index (Phi) is 5.64. The van der Waals surface area contributed by atoms with Crippen LogP contribution in [0.25, 0.3) is 0 Å². The Morgan fingerprint density at radius 1 is 1.58 bits per heavy atom. The summed E-state index contributed by atoms with van der Waals surface area (Å²) in [7, 11) is -1.19. The van der Waals surface area contributed by atoms with Gasteiger partial charge in [-0.1, -0.05) is 19.6 Å². The molecule has 106 valence electrons. The molecule has 19 heavy (non-hydrogen) atoms. The van der Waals surface area contributed by atoms with Gasteiger partial charge in [-0.15, -0.1) is 11.3 Å². The maximum atomic E-state index is 11.1. The quantitative estimate of drug-likeness (QED) is 0.362. The largest absolute Gasteiger partial charge is 0.465 e. The number of rotatable bonds is 7. The Balaban J connectivity index is 2.54. The van der Waals surface area contributed by atoms with Gasteiger partial charge in [-0.25, -0.2) is 14.7 Å². The molecule has 1 aromatic heterocycles. The molecule has 6 nitrogen and oxygen atoms in total. The molecule has 0 aliphatic carbocycles. The van der Waals surface area contributed by atoms with Gasteiger partial charge in [0.25, 0.3) is 0 Å². The van der Waals surface area contributed by atoms with E-state index in [9.17, 15) is 9.59 Å². The molecule has 0 unspecified atom stereocenters. The third kappa shape index (κ3) is 5.49. The van der Waals surface area contributed by atoms with Gasteiger partial charge in [0.2, 0.25) is 0 Å². The normalized spacial score (nSPS) is 11.3. The van der Waals surface area contributed by atoms with Gasteiger partial charge < -0.3 is 9.84 Å². The van der Waals surface area contributed by atoms with E-state index in [4.69, 9.17) is 9.84 Å². The van der Waals surface area contributed by atoms with E-state index in [0.29, 0.717) is 12.9 Å². The lowest BCUT2D eigenvalue weighted by Crippen LogP contribution is -2.32. The van der Waals surface area contributed by atoms with Gasteiger partial charge in [0.1, 0.15) is 12.4 Å². The Bertz CT molecular complexity index is 444. The minimum Gasteiger partial charge on any atom is -0.465 e. The number of nitrogens with zero attached hydrogens (tertiary/aromatic N) is 2. The predicted molar refractivity (Wildman–Crippen MR) is 77.0 cm³/mol.